The number of carbonyl (C=O) groups excluding carboxylic acids is 1. The van der Waals surface area contributed by atoms with Crippen molar-refractivity contribution in [2.75, 3.05) is 0 Å². The predicted octanol–water partition coefficient (Wildman–Crippen LogP) is 3.64. The molecule has 2 aromatic rings. The number of hydrogen-bond donors (Lipinski definition) is 0. The molecular weight excluding hydrogens is 224 g/mol. The van der Waals surface area contributed by atoms with Gasteiger partial charge in [-0.2, -0.15) is 0 Å². The molecule has 0 aliphatic carbocycles. The molecule has 0 unspecified atom stereocenters. The quantitative estimate of drug-likeness (QED) is 0.801. The molecule has 94 valence electrons. The summed E-state index contributed by atoms with van der Waals surface area (Å²) in [7, 11) is 0. The molecule has 0 bridgehead atoms. The van der Waals surface area contributed by atoms with Gasteiger partial charge in [0.05, 0.1) is 6.26 Å². The fourth-order valence-corrected chi connectivity index (χ4v) is 2.20. The molecule has 0 spiro atoms. The summed E-state index contributed by atoms with van der Waals surface area (Å²) >= 11 is 0. The summed E-state index contributed by atoms with van der Waals surface area (Å²) in [5, 5.41) is 0. The lowest BCUT2D eigenvalue weighted by Crippen LogP contribution is -2.04. The molecule has 0 N–H and O–H groups in total. The lowest BCUT2D eigenvalue weighted by atomic mass is 10.0. The van der Waals surface area contributed by atoms with Crippen molar-refractivity contribution in [2.45, 2.75) is 33.1 Å². The van der Waals surface area contributed by atoms with E-state index >= 15 is 0 Å². The molecule has 2 nitrogen and oxygen atoms in total. The number of Topliss-reactive ketones (excluding diaryl/α,β-unsaturated/α-hetero) is 1. The van der Waals surface area contributed by atoms with Crippen LogP contribution in [0.4, 0.5) is 0 Å². The van der Waals surface area contributed by atoms with Gasteiger partial charge in [-0.05, 0) is 31.5 Å². The molecule has 0 saturated heterocycles. The molecule has 0 saturated carbocycles. The Hall–Kier alpha value is -1.83. The number of hydrogen-bond acceptors (Lipinski definition) is 2. The summed E-state index contributed by atoms with van der Waals surface area (Å²) in [4.78, 5) is 11.9. The molecule has 0 aliphatic rings. The van der Waals surface area contributed by atoms with Crippen LogP contribution in [-0.4, -0.2) is 5.78 Å². The largest absolute Gasteiger partial charge is 0.469 e. The zero-order chi connectivity index (χ0) is 13.0. The maximum absolute atomic E-state index is 11.9. The maximum atomic E-state index is 11.9. The third kappa shape index (κ3) is 3.59. The summed E-state index contributed by atoms with van der Waals surface area (Å²) in [6.07, 6.45) is 3.39. The highest BCUT2D eigenvalue weighted by Gasteiger charge is 2.06. The molecule has 1 aromatic carbocycles. The summed E-state index contributed by atoms with van der Waals surface area (Å²) in [6.45, 7) is 4.12. The Labute approximate surface area is 108 Å². The molecule has 2 heteroatoms. The third-order valence-electron chi connectivity index (χ3n) is 2.91. The molecule has 0 radical (unpaired) electrons. The molecule has 0 amide bonds. The second-order valence-corrected chi connectivity index (χ2v) is 4.79. The van der Waals surface area contributed by atoms with Gasteiger partial charge in [0.2, 0.25) is 0 Å². The first-order chi connectivity index (χ1) is 8.63. The van der Waals surface area contributed by atoms with Crippen LogP contribution >= 0.6 is 0 Å². The number of furan rings is 1. The highest BCUT2D eigenvalue weighted by atomic mass is 16.3. The van der Waals surface area contributed by atoms with Crippen molar-refractivity contribution >= 4 is 5.78 Å². The van der Waals surface area contributed by atoms with E-state index in [2.05, 4.69) is 32.0 Å². The first kappa shape index (κ1) is 12.6. The molecule has 0 atom stereocenters. The van der Waals surface area contributed by atoms with E-state index in [1.165, 1.54) is 11.1 Å². The van der Waals surface area contributed by atoms with Crippen molar-refractivity contribution in [3.63, 3.8) is 0 Å². The fourth-order valence-electron chi connectivity index (χ4n) is 2.20. The Balaban J connectivity index is 1.90. The summed E-state index contributed by atoms with van der Waals surface area (Å²) in [6, 6.07) is 10.0. The van der Waals surface area contributed by atoms with Gasteiger partial charge in [-0.15, -0.1) is 0 Å². The van der Waals surface area contributed by atoms with Crippen LogP contribution in [0.2, 0.25) is 0 Å². The maximum Gasteiger partial charge on any atom is 0.137 e. The fraction of sp³-hybridized carbons (Fsp3) is 0.312. The summed E-state index contributed by atoms with van der Waals surface area (Å²) < 4.78 is 5.22. The van der Waals surface area contributed by atoms with Crippen LogP contribution in [0.25, 0.3) is 0 Å². The average molecular weight is 242 g/mol. The molecule has 1 heterocycles. The smallest absolute Gasteiger partial charge is 0.137 e. The van der Waals surface area contributed by atoms with Gasteiger partial charge in [-0.1, -0.05) is 29.3 Å². The van der Waals surface area contributed by atoms with E-state index in [0.717, 1.165) is 11.3 Å². The van der Waals surface area contributed by atoms with Crippen molar-refractivity contribution in [1.29, 1.82) is 0 Å². The molecular formula is C16H18O2. The highest BCUT2D eigenvalue weighted by molar-refractivity contribution is 5.81. The summed E-state index contributed by atoms with van der Waals surface area (Å²) in [5.41, 5.74) is 3.53. The van der Waals surface area contributed by atoms with Gasteiger partial charge in [0, 0.05) is 19.3 Å². The van der Waals surface area contributed by atoms with Crippen LogP contribution in [-0.2, 0) is 17.6 Å². The molecule has 1 aromatic heterocycles. The van der Waals surface area contributed by atoms with Gasteiger partial charge < -0.3 is 4.42 Å². The monoisotopic (exact) mass is 242 g/mol. The van der Waals surface area contributed by atoms with Crippen LogP contribution in [0, 0.1) is 13.8 Å². The first-order valence-electron chi connectivity index (χ1n) is 6.25. The minimum absolute atomic E-state index is 0.261. The Morgan fingerprint density at radius 2 is 1.89 bits per heavy atom. The first-order valence-corrected chi connectivity index (χ1v) is 6.25. The lowest BCUT2D eigenvalue weighted by molar-refractivity contribution is -0.118. The van der Waals surface area contributed by atoms with E-state index in [-0.39, 0.29) is 5.78 Å². The van der Waals surface area contributed by atoms with Gasteiger partial charge >= 0.3 is 0 Å². The molecule has 0 aliphatic heterocycles. The number of ketones is 1. The second kappa shape index (κ2) is 5.67. The van der Waals surface area contributed by atoms with Gasteiger partial charge in [0.15, 0.2) is 0 Å². The van der Waals surface area contributed by atoms with E-state index in [1.807, 2.05) is 12.1 Å². The van der Waals surface area contributed by atoms with Gasteiger partial charge in [-0.3, -0.25) is 4.79 Å². The van der Waals surface area contributed by atoms with Crippen molar-refractivity contribution < 1.29 is 9.21 Å². The SMILES string of the molecule is Cc1cc(C)cc(CC(=O)CCc2ccco2)c1. The molecule has 2 rings (SSSR count). The van der Waals surface area contributed by atoms with Crippen molar-refractivity contribution in [3.8, 4) is 0 Å². The predicted molar refractivity (Wildman–Crippen MR) is 71.7 cm³/mol. The van der Waals surface area contributed by atoms with Crippen LogP contribution in [0.1, 0.15) is 28.9 Å². The molecule has 18 heavy (non-hydrogen) atoms. The van der Waals surface area contributed by atoms with E-state index in [9.17, 15) is 4.79 Å². The van der Waals surface area contributed by atoms with Gasteiger partial charge in [-0.25, -0.2) is 0 Å². The lowest BCUT2D eigenvalue weighted by Gasteiger charge is -2.04. The zero-order valence-corrected chi connectivity index (χ0v) is 10.9. The van der Waals surface area contributed by atoms with Gasteiger partial charge in [0.25, 0.3) is 0 Å². The van der Waals surface area contributed by atoms with Crippen LogP contribution in [0.5, 0.6) is 0 Å². The van der Waals surface area contributed by atoms with E-state index < -0.39 is 0 Å². The van der Waals surface area contributed by atoms with Crippen LogP contribution in [0.3, 0.4) is 0 Å². The van der Waals surface area contributed by atoms with Crippen molar-refractivity contribution in [3.05, 3.63) is 59.0 Å². The zero-order valence-electron chi connectivity index (χ0n) is 10.9. The van der Waals surface area contributed by atoms with E-state index in [1.54, 1.807) is 6.26 Å². The Morgan fingerprint density at radius 3 is 2.50 bits per heavy atom. The normalized spacial score (nSPS) is 10.6. The Bertz CT molecular complexity index is 504. The van der Waals surface area contributed by atoms with Crippen LogP contribution in [0.15, 0.2) is 41.0 Å². The van der Waals surface area contributed by atoms with Crippen molar-refractivity contribution in [2.24, 2.45) is 0 Å². The Morgan fingerprint density at radius 1 is 1.17 bits per heavy atom. The number of rotatable bonds is 5. The Kier molecular flexibility index (Phi) is 3.98. The topological polar surface area (TPSA) is 30.2 Å². The van der Waals surface area contributed by atoms with E-state index in [4.69, 9.17) is 4.42 Å². The summed E-state index contributed by atoms with van der Waals surface area (Å²) in [5.74, 6) is 1.14. The van der Waals surface area contributed by atoms with Crippen LogP contribution < -0.4 is 0 Å². The molecule has 0 fully saturated rings. The third-order valence-corrected chi connectivity index (χ3v) is 2.91. The van der Waals surface area contributed by atoms with Gasteiger partial charge in [0.1, 0.15) is 11.5 Å². The number of aryl methyl sites for hydroxylation is 3. The number of benzene rings is 1. The highest BCUT2D eigenvalue weighted by Crippen LogP contribution is 2.11. The number of carbonyl (C=O) groups is 1. The second-order valence-electron chi connectivity index (χ2n) is 4.79. The average Bonchev–Trinajstić information content (AvgIpc) is 2.77. The minimum atomic E-state index is 0.261. The van der Waals surface area contributed by atoms with Crippen molar-refractivity contribution in [1.82, 2.24) is 0 Å². The van der Waals surface area contributed by atoms with E-state index in [0.29, 0.717) is 19.3 Å². The standard InChI is InChI=1S/C16H18O2/c1-12-8-13(2)10-14(9-12)11-15(17)5-6-16-4-3-7-18-16/h3-4,7-10H,5-6,11H2,1-2H3. The minimum Gasteiger partial charge on any atom is -0.469 e.